The van der Waals surface area contributed by atoms with Gasteiger partial charge in [-0.05, 0) is 51.2 Å². The standard InChI is InChI=1S/C15H29N3O/c1-3-16-14-7-6-10-18(15(14)19)12-13(2)11-17-8-4-5-9-17/h13-14,16H,3-12H2,1-2H3. The number of rotatable bonds is 6. The Morgan fingerprint density at radius 1 is 1.21 bits per heavy atom. The Bertz CT molecular complexity index is 287. The van der Waals surface area contributed by atoms with E-state index in [0.717, 1.165) is 39.0 Å². The van der Waals surface area contributed by atoms with E-state index in [4.69, 9.17) is 0 Å². The molecule has 2 rings (SSSR count). The molecule has 0 radical (unpaired) electrons. The van der Waals surface area contributed by atoms with Gasteiger partial charge >= 0.3 is 0 Å². The third-order valence-corrected chi connectivity index (χ3v) is 4.28. The summed E-state index contributed by atoms with van der Waals surface area (Å²) in [6.07, 6.45) is 4.83. The summed E-state index contributed by atoms with van der Waals surface area (Å²) in [5.41, 5.74) is 0. The summed E-state index contributed by atoms with van der Waals surface area (Å²) in [6, 6.07) is 0.0673. The number of nitrogens with one attached hydrogen (secondary N) is 1. The molecule has 2 saturated heterocycles. The molecule has 0 aliphatic carbocycles. The topological polar surface area (TPSA) is 35.6 Å². The predicted molar refractivity (Wildman–Crippen MR) is 78.1 cm³/mol. The van der Waals surface area contributed by atoms with Gasteiger partial charge in [0, 0.05) is 19.6 Å². The number of carbonyl (C=O) groups excluding carboxylic acids is 1. The smallest absolute Gasteiger partial charge is 0.239 e. The van der Waals surface area contributed by atoms with Crippen LogP contribution in [0.3, 0.4) is 0 Å². The Hall–Kier alpha value is -0.610. The van der Waals surface area contributed by atoms with Crippen molar-refractivity contribution in [2.45, 2.75) is 45.6 Å². The first-order valence-corrected chi connectivity index (χ1v) is 7.95. The van der Waals surface area contributed by atoms with Gasteiger partial charge in [-0.25, -0.2) is 0 Å². The Balaban J connectivity index is 1.78. The largest absolute Gasteiger partial charge is 0.341 e. The minimum atomic E-state index is 0.0673. The van der Waals surface area contributed by atoms with Crippen LogP contribution in [0.1, 0.15) is 39.5 Å². The minimum absolute atomic E-state index is 0.0673. The van der Waals surface area contributed by atoms with Crippen molar-refractivity contribution < 1.29 is 4.79 Å². The van der Waals surface area contributed by atoms with E-state index in [0.29, 0.717) is 11.8 Å². The quantitative estimate of drug-likeness (QED) is 0.788. The fourth-order valence-electron chi connectivity index (χ4n) is 3.40. The van der Waals surface area contributed by atoms with E-state index in [1.165, 1.54) is 25.9 Å². The Morgan fingerprint density at radius 2 is 1.95 bits per heavy atom. The number of piperidine rings is 1. The van der Waals surface area contributed by atoms with Gasteiger partial charge in [-0.2, -0.15) is 0 Å². The maximum atomic E-state index is 12.3. The van der Waals surface area contributed by atoms with Gasteiger partial charge in [0.15, 0.2) is 0 Å². The monoisotopic (exact) mass is 267 g/mol. The first-order valence-electron chi connectivity index (χ1n) is 7.95. The van der Waals surface area contributed by atoms with Crippen LogP contribution in [0.2, 0.25) is 0 Å². The molecule has 2 aliphatic rings. The number of hydrogen-bond donors (Lipinski definition) is 1. The lowest BCUT2D eigenvalue weighted by Crippen LogP contribution is -2.52. The zero-order valence-electron chi connectivity index (χ0n) is 12.5. The van der Waals surface area contributed by atoms with Gasteiger partial charge in [-0.15, -0.1) is 0 Å². The van der Waals surface area contributed by atoms with Gasteiger partial charge in [0.2, 0.25) is 5.91 Å². The van der Waals surface area contributed by atoms with Crippen LogP contribution in [0.4, 0.5) is 0 Å². The third kappa shape index (κ3) is 4.18. The average Bonchev–Trinajstić information content (AvgIpc) is 2.87. The summed E-state index contributed by atoms with van der Waals surface area (Å²) in [5.74, 6) is 0.906. The molecule has 1 N–H and O–H groups in total. The van der Waals surface area contributed by atoms with Gasteiger partial charge in [0.1, 0.15) is 0 Å². The molecule has 4 heteroatoms. The van der Waals surface area contributed by atoms with Gasteiger partial charge in [-0.3, -0.25) is 4.79 Å². The molecule has 0 spiro atoms. The number of nitrogens with zero attached hydrogens (tertiary/aromatic N) is 2. The van der Waals surface area contributed by atoms with Crippen LogP contribution in [0, 0.1) is 5.92 Å². The molecule has 0 saturated carbocycles. The van der Waals surface area contributed by atoms with Crippen molar-refractivity contribution >= 4 is 5.91 Å². The van der Waals surface area contributed by atoms with Crippen molar-refractivity contribution in [1.29, 1.82) is 0 Å². The average molecular weight is 267 g/mol. The molecule has 110 valence electrons. The summed E-state index contributed by atoms with van der Waals surface area (Å²) in [5, 5.41) is 3.31. The van der Waals surface area contributed by atoms with E-state index in [1.807, 2.05) is 0 Å². The highest BCUT2D eigenvalue weighted by atomic mass is 16.2. The number of hydrogen-bond acceptors (Lipinski definition) is 3. The third-order valence-electron chi connectivity index (χ3n) is 4.28. The molecule has 2 unspecified atom stereocenters. The second kappa shape index (κ2) is 7.25. The zero-order chi connectivity index (χ0) is 13.7. The minimum Gasteiger partial charge on any atom is -0.341 e. The summed E-state index contributed by atoms with van der Waals surface area (Å²) < 4.78 is 0. The van der Waals surface area contributed by atoms with Crippen LogP contribution in [0.5, 0.6) is 0 Å². The van der Waals surface area contributed by atoms with Crippen molar-refractivity contribution in [2.75, 3.05) is 39.3 Å². The van der Waals surface area contributed by atoms with Crippen molar-refractivity contribution in [3.05, 3.63) is 0 Å². The van der Waals surface area contributed by atoms with Crippen LogP contribution in [0.15, 0.2) is 0 Å². The number of amides is 1. The van der Waals surface area contributed by atoms with Crippen LogP contribution in [0.25, 0.3) is 0 Å². The van der Waals surface area contributed by atoms with E-state index in [9.17, 15) is 4.79 Å². The van der Waals surface area contributed by atoms with E-state index in [-0.39, 0.29) is 6.04 Å². The molecular formula is C15H29N3O. The highest BCUT2D eigenvalue weighted by molar-refractivity contribution is 5.82. The first-order chi connectivity index (χ1) is 9.20. The molecule has 4 nitrogen and oxygen atoms in total. The number of likely N-dealkylation sites (N-methyl/N-ethyl adjacent to an activating group) is 1. The molecule has 1 amide bonds. The van der Waals surface area contributed by atoms with E-state index < -0.39 is 0 Å². The van der Waals surface area contributed by atoms with Gasteiger partial charge in [0.25, 0.3) is 0 Å². The Labute approximate surface area is 117 Å². The maximum absolute atomic E-state index is 12.3. The van der Waals surface area contributed by atoms with E-state index in [1.54, 1.807) is 0 Å². The Kier molecular flexibility index (Phi) is 5.64. The van der Waals surface area contributed by atoms with Crippen LogP contribution in [-0.4, -0.2) is 61.0 Å². The van der Waals surface area contributed by atoms with Gasteiger partial charge < -0.3 is 15.1 Å². The fourth-order valence-corrected chi connectivity index (χ4v) is 3.40. The highest BCUT2D eigenvalue weighted by Crippen LogP contribution is 2.16. The molecule has 2 atom stereocenters. The maximum Gasteiger partial charge on any atom is 0.239 e. The van der Waals surface area contributed by atoms with E-state index in [2.05, 4.69) is 29.0 Å². The molecule has 0 aromatic rings. The van der Waals surface area contributed by atoms with Gasteiger partial charge in [-0.1, -0.05) is 13.8 Å². The van der Waals surface area contributed by atoms with Crippen LogP contribution >= 0.6 is 0 Å². The molecule has 2 fully saturated rings. The lowest BCUT2D eigenvalue weighted by molar-refractivity contribution is -0.136. The zero-order valence-corrected chi connectivity index (χ0v) is 12.5. The van der Waals surface area contributed by atoms with E-state index >= 15 is 0 Å². The molecule has 0 bridgehead atoms. The van der Waals surface area contributed by atoms with Crippen LogP contribution < -0.4 is 5.32 Å². The highest BCUT2D eigenvalue weighted by Gasteiger charge is 2.29. The molecule has 2 aliphatic heterocycles. The predicted octanol–water partition coefficient (Wildman–Crippen LogP) is 1.32. The number of likely N-dealkylation sites (tertiary alicyclic amines) is 2. The molecule has 2 heterocycles. The van der Waals surface area contributed by atoms with Crippen molar-refractivity contribution in [2.24, 2.45) is 5.92 Å². The second-order valence-corrected chi connectivity index (χ2v) is 6.15. The lowest BCUT2D eigenvalue weighted by Gasteiger charge is -2.35. The van der Waals surface area contributed by atoms with Crippen molar-refractivity contribution in [1.82, 2.24) is 15.1 Å². The molecule has 19 heavy (non-hydrogen) atoms. The fraction of sp³-hybridized carbons (Fsp3) is 0.933. The Morgan fingerprint density at radius 3 is 2.63 bits per heavy atom. The SMILES string of the molecule is CCNC1CCCN(CC(C)CN2CCCC2)C1=O. The molecule has 0 aromatic carbocycles. The van der Waals surface area contributed by atoms with Crippen molar-refractivity contribution in [3.8, 4) is 0 Å². The normalized spacial score (nSPS) is 26.9. The van der Waals surface area contributed by atoms with Crippen LogP contribution in [-0.2, 0) is 4.79 Å². The molecule has 0 aromatic heterocycles. The summed E-state index contributed by atoms with van der Waals surface area (Å²) in [6.45, 7) is 10.8. The summed E-state index contributed by atoms with van der Waals surface area (Å²) in [4.78, 5) is 17.0. The second-order valence-electron chi connectivity index (χ2n) is 6.15. The van der Waals surface area contributed by atoms with Crippen molar-refractivity contribution in [3.63, 3.8) is 0 Å². The summed E-state index contributed by atoms with van der Waals surface area (Å²) >= 11 is 0. The first kappa shape index (κ1) is 14.8. The summed E-state index contributed by atoms with van der Waals surface area (Å²) in [7, 11) is 0. The van der Waals surface area contributed by atoms with Gasteiger partial charge in [0.05, 0.1) is 6.04 Å². The lowest BCUT2D eigenvalue weighted by atomic mass is 10.0. The number of carbonyl (C=O) groups is 1. The molecular weight excluding hydrogens is 238 g/mol.